The van der Waals surface area contributed by atoms with E-state index in [4.69, 9.17) is 6.42 Å². The summed E-state index contributed by atoms with van der Waals surface area (Å²) in [6.07, 6.45) is 6.62. The lowest BCUT2D eigenvalue weighted by atomic mass is 10.0. The highest BCUT2D eigenvalue weighted by atomic mass is 15.2. The summed E-state index contributed by atoms with van der Waals surface area (Å²) in [6.45, 7) is 6.39. The predicted molar refractivity (Wildman–Crippen MR) is 76.4 cm³/mol. The van der Waals surface area contributed by atoms with E-state index in [0.29, 0.717) is 12.1 Å². The van der Waals surface area contributed by atoms with Gasteiger partial charge in [0.2, 0.25) is 0 Å². The summed E-state index contributed by atoms with van der Waals surface area (Å²) in [5.74, 6) is 2.85. The van der Waals surface area contributed by atoms with Crippen molar-refractivity contribution in [2.24, 2.45) is 0 Å². The normalized spacial score (nSPS) is 26.5. The third-order valence-corrected chi connectivity index (χ3v) is 3.76. The Morgan fingerprint density at radius 3 is 2.83 bits per heavy atom. The van der Waals surface area contributed by atoms with Crippen LogP contribution >= 0.6 is 0 Å². The minimum Gasteiger partial charge on any atom is -0.311 e. The van der Waals surface area contributed by atoms with Crippen molar-refractivity contribution in [1.82, 2.24) is 10.2 Å². The lowest BCUT2D eigenvalue weighted by Crippen LogP contribution is -2.58. The van der Waals surface area contributed by atoms with Crippen LogP contribution in [-0.4, -0.2) is 36.1 Å². The summed E-state index contributed by atoms with van der Waals surface area (Å²) in [5, 5.41) is 3.62. The largest absolute Gasteiger partial charge is 0.311 e. The van der Waals surface area contributed by atoms with Gasteiger partial charge < -0.3 is 5.32 Å². The Labute approximate surface area is 110 Å². The number of nitrogens with one attached hydrogen (secondary N) is 1. The molecule has 1 aliphatic heterocycles. The standard InChI is InChI=1S/C16H22N2/c1-4-13(2)18-12-16(17-11-14(18)3)10-15-8-6-5-7-9-15/h1,5-9,13-14,16-17H,10-12H2,2-3H3. The average molecular weight is 242 g/mol. The molecule has 3 atom stereocenters. The Morgan fingerprint density at radius 2 is 2.17 bits per heavy atom. The van der Waals surface area contributed by atoms with Crippen LogP contribution in [0.25, 0.3) is 0 Å². The fourth-order valence-corrected chi connectivity index (χ4v) is 2.62. The van der Waals surface area contributed by atoms with Crippen LogP contribution in [0, 0.1) is 12.3 Å². The minimum absolute atomic E-state index is 0.223. The van der Waals surface area contributed by atoms with Gasteiger partial charge in [-0.15, -0.1) is 6.42 Å². The molecule has 96 valence electrons. The van der Waals surface area contributed by atoms with E-state index in [-0.39, 0.29) is 6.04 Å². The Morgan fingerprint density at radius 1 is 1.44 bits per heavy atom. The van der Waals surface area contributed by atoms with E-state index in [0.717, 1.165) is 19.5 Å². The summed E-state index contributed by atoms with van der Waals surface area (Å²) in [7, 11) is 0. The molecule has 0 radical (unpaired) electrons. The first kappa shape index (κ1) is 13.1. The molecule has 1 aromatic rings. The Bertz CT molecular complexity index is 407. The molecule has 2 heteroatoms. The SMILES string of the molecule is C#CC(C)N1CC(Cc2ccccc2)NCC1C. The number of rotatable bonds is 3. The molecule has 2 rings (SSSR count). The maximum Gasteiger partial charge on any atom is 0.0686 e. The van der Waals surface area contributed by atoms with E-state index >= 15 is 0 Å². The minimum atomic E-state index is 0.223. The van der Waals surface area contributed by atoms with E-state index < -0.39 is 0 Å². The molecular formula is C16H22N2. The highest BCUT2D eigenvalue weighted by Gasteiger charge is 2.27. The van der Waals surface area contributed by atoms with Crippen LogP contribution < -0.4 is 5.32 Å². The van der Waals surface area contributed by atoms with Gasteiger partial charge in [-0.3, -0.25) is 4.90 Å². The van der Waals surface area contributed by atoms with Crippen LogP contribution in [0.15, 0.2) is 30.3 Å². The van der Waals surface area contributed by atoms with Crippen molar-refractivity contribution < 1.29 is 0 Å². The first-order chi connectivity index (χ1) is 8.70. The number of terminal acetylenes is 1. The number of hydrogen-bond donors (Lipinski definition) is 1. The third kappa shape index (κ3) is 3.13. The van der Waals surface area contributed by atoms with E-state index in [2.05, 4.69) is 60.3 Å². The lowest BCUT2D eigenvalue weighted by Gasteiger charge is -2.40. The Kier molecular flexibility index (Phi) is 4.41. The van der Waals surface area contributed by atoms with Crippen molar-refractivity contribution in [3.63, 3.8) is 0 Å². The molecule has 2 nitrogen and oxygen atoms in total. The lowest BCUT2D eigenvalue weighted by molar-refractivity contribution is 0.122. The summed E-state index contributed by atoms with van der Waals surface area (Å²) in [4.78, 5) is 2.42. The first-order valence-corrected chi connectivity index (χ1v) is 6.70. The van der Waals surface area contributed by atoms with Crippen LogP contribution in [0.3, 0.4) is 0 Å². The third-order valence-electron chi connectivity index (χ3n) is 3.76. The van der Waals surface area contributed by atoms with Crippen LogP contribution in [0.4, 0.5) is 0 Å². The molecule has 1 N–H and O–H groups in total. The fourth-order valence-electron chi connectivity index (χ4n) is 2.62. The highest BCUT2D eigenvalue weighted by Crippen LogP contribution is 2.13. The smallest absolute Gasteiger partial charge is 0.0686 e. The molecule has 0 aromatic heterocycles. The molecule has 18 heavy (non-hydrogen) atoms. The zero-order valence-corrected chi connectivity index (χ0v) is 11.3. The number of piperazine rings is 1. The molecule has 0 spiro atoms. The zero-order valence-electron chi connectivity index (χ0n) is 11.3. The summed E-state index contributed by atoms with van der Waals surface area (Å²) < 4.78 is 0. The molecule has 0 amide bonds. The van der Waals surface area contributed by atoms with Gasteiger partial charge in [0.1, 0.15) is 0 Å². The molecule has 1 heterocycles. The molecule has 1 aliphatic rings. The van der Waals surface area contributed by atoms with Crippen LogP contribution in [-0.2, 0) is 6.42 Å². The maximum absolute atomic E-state index is 5.55. The number of hydrogen-bond acceptors (Lipinski definition) is 2. The van der Waals surface area contributed by atoms with Gasteiger partial charge in [-0.25, -0.2) is 0 Å². The van der Waals surface area contributed by atoms with Gasteiger partial charge in [-0.1, -0.05) is 36.3 Å². The van der Waals surface area contributed by atoms with Gasteiger partial charge in [0.05, 0.1) is 6.04 Å². The topological polar surface area (TPSA) is 15.3 Å². The monoisotopic (exact) mass is 242 g/mol. The van der Waals surface area contributed by atoms with E-state index in [1.54, 1.807) is 0 Å². The van der Waals surface area contributed by atoms with Gasteiger partial charge in [0.15, 0.2) is 0 Å². The molecule has 1 aromatic carbocycles. The molecular weight excluding hydrogens is 220 g/mol. The van der Waals surface area contributed by atoms with Gasteiger partial charge in [0, 0.05) is 25.2 Å². The van der Waals surface area contributed by atoms with Crippen molar-refractivity contribution in [1.29, 1.82) is 0 Å². The fraction of sp³-hybridized carbons (Fsp3) is 0.500. The van der Waals surface area contributed by atoms with Crippen molar-refractivity contribution >= 4 is 0 Å². The molecule has 1 fully saturated rings. The molecule has 0 aliphatic carbocycles. The van der Waals surface area contributed by atoms with E-state index in [1.165, 1.54) is 5.56 Å². The van der Waals surface area contributed by atoms with Crippen LogP contribution in [0.5, 0.6) is 0 Å². The Hall–Kier alpha value is -1.30. The second kappa shape index (κ2) is 6.04. The molecule has 1 saturated heterocycles. The summed E-state index contributed by atoms with van der Waals surface area (Å²) in [6, 6.07) is 11.9. The average Bonchev–Trinajstić information content (AvgIpc) is 2.41. The van der Waals surface area contributed by atoms with Gasteiger partial charge in [0.25, 0.3) is 0 Å². The van der Waals surface area contributed by atoms with Gasteiger partial charge in [-0.05, 0) is 25.8 Å². The van der Waals surface area contributed by atoms with Crippen molar-refractivity contribution in [3.8, 4) is 12.3 Å². The van der Waals surface area contributed by atoms with Crippen molar-refractivity contribution in [3.05, 3.63) is 35.9 Å². The summed E-state index contributed by atoms with van der Waals surface area (Å²) >= 11 is 0. The molecule has 0 bridgehead atoms. The number of benzene rings is 1. The first-order valence-electron chi connectivity index (χ1n) is 6.70. The van der Waals surface area contributed by atoms with Crippen molar-refractivity contribution in [2.45, 2.75) is 38.4 Å². The van der Waals surface area contributed by atoms with Crippen LogP contribution in [0.1, 0.15) is 19.4 Å². The number of nitrogens with zero attached hydrogens (tertiary/aromatic N) is 1. The predicted octanol–water partition coefficient (Wildman–Crippen LogP) is 1.91. The van der Waals surface area contributed by atoms with E-state index in [9.17, 15) is 0 Å². The highest BCUT2D eigenvalue weighted by molar-refractivity contribution is 5.16. The van der Waals surface area contributed by atoms with Gasteiger partial charge >= 0.3 is 0 Å². The molecule has 3 unspecified atom stereocenters. The molecule has 0 saturated carbocycles. The zero-order chi connectivity index (χ0) is 13.0. The van der Waals surface area contributed by atoms with Crippen molar-refractivity contribution in [2.75, 3.05) is 13.1 Å². The Balaban J connectivity index is 1.98. The van der Waals surface area contributed by atoms with Gasteiger partial charge in [-0.2, -0.15) is 0 Å². The van der Waals surface area contributed by atoms with E-state index in [1.807, 2.05) is 0 Å². The van der Waals surface area contributed by atoms with Crippen LogP contribution in [0.2, 0.25) is 0 Å². The second-order valence-corrected chi connectivity index (χ2v) is 5.18. The second-order valence-electron chi connectivity index (χ2n) is 5.18. The quantitative estimate of drug-likeness (QED) is 0.815. The maximum atomic E-state index is 5.55. The summed E-state index contributed by atoms with van der Waals surface area (Å²) in [5.41, 5.74) is 1.39.